The fraction of sp³-hybridized carbons (Fsp3) is 0.200. The van der Waals surface area contributed by atoms with Gasteiger partial charge in [-0.1, -0.05) is 11.6 Å². The zero-order valence-electron chi connectivity index (χ0n) is 12.3. The Kier molecular flexibility index (Phi) is 5.18. The van der Waals surface area contributed by atoms with Crippen molar-refractivity contribution in [3.63, 3.8) is 0 Å². The minimum Gasteiger partial charge on any atom is -0.478 e. The average Bonchev–Trinajstić information content (AvgIpc) is 2.48. The Balaban J connectivity index is 2.09. The van der Waals surface area contributed by atoms with Crippen LogP contribution in [0.15, 0.2) is 35.3 Å². The van der Waals surface area contributed by atoms with Gasteiger partial charge in [-0.15, -0.1) is 0 Å². The van der Waals surface area contributed by atoms with Crippen LogP contribution < -0.4 is 15.5 Å². The highest BCUT2D eigenvalue weighted by Gasteiger charge is 2.31. The third-order valence-corrected chi connectivity index (χ3v) is 3.34. The molecule has 0 unspecified atom stereocenters. The molecule has 128 valence electrons. The smallest absolute Gasteiger partial charge is 0.416 e. The maximum atomic E-state index is 12.7. The molecule has 2 N–H and O–H groups in total. The average molecular weight is 361 g/mol. The number of benzene rings is 1. The first-order chi connectivity index (χ1) is 11.2. The molecule has 1 amide bonds. The van der Waals surface area contributed by atoms with Crippen LogP contribution in [0.1, 0.15) is 11.3 Å². The summed E-state index contributed by atoms with van der Waals surface area (Å²) in [7, 11) is 0. The van der Waals surface area contributed by atoms with Crippen molar-refractivity contribution in [2.45, 2.75) is 13.1 Å². The van der Waals surface area contributed by atoms with E-state index in [4.69, 9.17) is 16.3 Å². The topological polar surface area (TPSA) is 71.2 Å². The van der Waals surface area contributed by atoms with Gasteiger partial charge in [0.2, 0.25) is 5.43 Å². The van der Waals surface area contributed by atoms with Crippen molar-refractivity contribution >= 4 is 23.2 Å². The number of hydrogen-bond acceptors (Lipinski definition) is 3. The summed E-state index contributed by atoms with van der Waals surface area (Å²) in [6, 6.07) is 3.79. The van der Waals surface area contributed by atoms with E-state index in [1.165, 1.54) is 12.3 Å². The van der Waals surface area contributed by atoms with Gasteiger partial charge in [0.1, 0.15) is 0 Å². The first-order valence-corrected chi connectivity index (χ1v) is 7.04. The lowest BCUT2D eigenvalue weighted by atomic mass is 10.2. The normalized spacial score (nSPS) is 11.2. The number of amides is 1. The second kappa shape index (κ2) is 6.96. The van der Waals surface area contributed by atoms with Crippen LogP contribution in [0.25, 0.3) is 0 Å². The Morgan fingerprint density at radius 3 is 2.67 bits per heavy atom. The van der Waals surface area contributed by atoms with Gasteiger partial charge < -0.3 is 15.0 Å². The Morgan fingerprint density at radius 2 is 2.04 bits per heavy atom. The Bertz CT molecular complexity index is 818. The number of carbonyl (C=O) groups excluding carboxylic acids is 1. The molecule has 0 bridgehead atoms. The van der Waals surface area contributed by atoms with E-state index < -0.39 is 29.7 Å². The number of hydrogen-bond donors (Lipinski definition) is 2. The first-order valence-electron chi connectivity index (χ1n) is 6.66. The van der Waals surface area contributed by atoms with Gasteiger partial charge in [-0.05, 0) is 25.1 Å². The van der Waals surface area contributed by atoms with Crippen molar-refractivity contribution < 1.29 is 22.7 Å². The van der Waals surface area contributed by atoms with E-state index in [0.29, 0.717) is 5.69 Å². The number of rotatable bonds is 4. The maximum Gasteiger partial charge on any atom is 0.416 e. The van der Waals surface area contributed by atoms with Crippen LogP contribution in [0.5, 0.6) is 5.75 Å². The van der Waals surface area contributed by atoms with Crippen LogP contribution in [-0.2, 0) is 11.0 Å². The molecule has 0 saturated carbocycles. The molecule has 0 fully saturated rings. The molecule has 2 aromatic rings. The Labute approximate surface area is 139 Å². The first kappa shape index (κ1) is 17.9. The summed E-state index contributed by atoms with van der Waals surface area (Å²) >= 11 is 5.78. The molecule has 0 aliphatic carbocycles. The lowest BCUT2D eigenvalue weighted by molar-refractivity contribution is -0.137. The van der Waals surface area contributed by atoms with Crippen LogP contribution in [0.4, 0.5) is 18.9 Å². The number of nitrogens with one attached hydrogen (secondary N) is 2. The number of ether oxygens (including phenoxy) is 1. The molecule has 5 nitrogen and oxygen atoms in total. The van der Waals surface area contributed by atoms with Crippen molar-refractivity contribution in [2.24, 2.45) is 0 Å². The van der Waals surface area contributed by atoms with Crippen LogP contribution >= 0.6 is 11.6 Å². The largest absolute Gasteiger partial charge is 0.478 e. The molecule has 9 heteroatoms. The minimum atomic E-state index is -4.56. The number of aromatic nitrogens is 1. The van der Waals surface area contributed by atoms with Gasteiger partial charge in [-0.2, -0.15) is 13.2 Å². The fourth-order valence-corrected chi connectivity index (χ4v) is 2.03. The summed E-state index contributed by atoms with van der Waals surface area (Å²) in [5.41, 5.74) is -1.14. The Morgan fingerprint density at radius 1 is 1.33 bits per heavy atom. The lowest BCUT2D eigenvalue weighted by Crippen LogP contribution is -2.23. The second-order valence-corrected chi connectivity index (χ2v) is 5.23. The third-order valence-electron chi connectivity index (χ3n) is 3.01. The van der Waals surface area contributed by atoms with Crippen molar-refractivity contribution in [1.82, 2.24) is 4.98 Å². The predicted octanol–water partition coefficient (Wildman–Crippen LogP) is 3.37. The Hall–Kier alpha value is -2.48. The van der Waals surface area contributed by atoms with Gasteiger partial charge in [0.15, 0.2) is 12.4 Å². The second-order valence-electron chi connectivity index (χ2n) is 4.83. The van der Waals surface area contributed by atoms with E-state index in [1.54, 1.807) is 6.92 Å². The summed E-state index contributed by atoms with van der Waals surface area (Å²) in [5, 5.41) is 2.17. The summed E-state index contributed by atoms with van der Waals surface area (Å²) < 4.78 is 43.1. The molecule has 24 heavy (non-hydrogen) atoms. The van der Waals surface area contributed by atoms with Crippen LogP contribution in [-0.4, -0.2) is 17.5 Å². The number of anilines is 1. The van der Waals surface area contributed by atoms with Crippen molar-refractivity contribution in [1.29, 1.82) is 0 Å². The van der Waals surface area contributed by atoms with E-state index in [9.17, 15) is 22.8 Å². The number of H-pyrrole nitrogens is 1. The van der Waals surface area contributed by atoms with Crippen molar-refractivity contribution in [3.8, 4) is 5.75 Å². The SMILES string of the molecule is Cc1[nH]ccc(=O)c1OCC(=O)Nc1cc(C(F)(F)F)ccc1Cl. The number of carbonyl (C=O) groups is 1. The van der Waals surface area contributed by atoms with E-state index in [2.05, 4.69) is 10.3 Å². The molecule has 0 spiro atoms. The number of alkyl halides is 3. The highest BCUT2D eigenvalue weighted by atomic mass is 35.5. The van der Waals surface area contributed by atoms with Gasteiger partial charge in [0, 0.05) is 12.3 Å². The minimum absolute atomic E-state index is 0.0391. The number of halogens is 4. The summed E-state index contributed by atoms with van der Waals surface area (Å²) in [6.07, 6.45) is -3.14. The van der Waals surface area contributed by atoms with Gasteiger partial charge in [-0.25, -0.2) is 0 Å². The van der Waals surface area contributed by atoms with Gasteiger partial charge in [-0.3, -0.25) is 9.59 Å². The number of aromatic amines is 1. The third kappa shape index (κ3) is 4.29. The molecule has 0 atom stereocenters. The molecule has 2 rings (SSSR count). The highest BCUT2D eigenvalue weighted by molar-refractivity contribution is 6.33. The van der Waals surface area contributed by atoms with E-state index in [-0.39, 0.29) is 16.5 Å². The summed E-state index contributed by atoms with van der Waals surface area (Å²) in [4.78, 5) is 26.2. The van der Waals surface area contributed by atoms with Gasteiger partial charge in [0.05, 0.1) is 22.0 Å². The predicted molar refractivity (Wildman–Crippen MR) is 82.4 cm³/mol. The number of aryl methyl sites for hydroxylation is 1. The molecule has 0 aliphatic rings. The number of pyridine rings is 1. The van der Waals surface area contributed by atoms with Gasteiger partial charge >= 0.3 is 6.18 Å². The molecule has 0 radical (unpaired) electrons. The lowest BCUT2D eigenvalue weighted by Gasteiger charge is -2.12. The van der Waals surface area contributed by atoms with Crippen molar-refractivity contribution in [3.05, 3.63) is 57.0 Å². The van der Waals surface area contributed by atoms with Crippen LogP contribution in [0.3, 0.4) is 0 Å². The van der Waals surface area contributed by atoms with Gasteiger partial charge in [0.25, 0.3) is 5.91 Å². The molecular formula is C15H12ClF3N2O3. The molecule has 0 saturated heterocycles. The zero-order valence-corrected chi connectivity index (χ0v) is 13.1. The molecule has 1 aromatic carbocycles. The van der Waals surface area contributed by atoms with E-state index in [1.807, 2.05) is 0 Å². The maximum absolute atomic E-state index is 12.7. The highest BCUT2D eigenvalue weighted by Crippen LogP contribution is 2.33. The van der Waals surface area contributed by atoms with Crippen LogP contribution in [0.2, 0.25) is 5.02 Å². The summed E-state index contributed by atoms with van der Waals surface area (Å²) in [5.74, 6) is -0.790. The van der Waals surface area contributed by atoms with E-state index in [0.717, 1.165) is 18.2 Å². The summed E-state index contributed by atoms with van der Waals surface area (Å²) in [6.45, 7) is 1.03. The monoisotopic (exact) mass is 360 g/mol. The zero-order chi connectivity index (χ0) is 17.9. The molecule has 0 aliphatic heterocycles. The quantitative estimate of drug-likeness (QED) is 0.878. The molecular weight excluding hydrogens is 349 g/mol. The molecule has 1 heterocycles. The fourth-order valence-electron chi connectivity index (χ4n) is 1.87. The van der Waals surface area contributed by atoms with Crippen LogP contribution in [0, 0.1) is 6.92 Å². The molecule has 1 aromatic heterocycles. The van der Waals surface area contributed by atoms with Crippen molar-refractivity contribution in [2.75, 3.05) is 11.9 Å². The van der Waals surface area contributed by atoms with E-state index >= 15 is 0 Å². The standard InChI is InChI=1S/C15H12ClF3N2O3/c1-8-14(12(22)4-5-20-8)24-7-13(23)21-11-6-9(15(17,18)19)2-3-10(11)16/h2-6H,7H2,1H3,(H,20,22)(H,21,23).